The lowest BCUT2D eigenvalue weighted by molar-refractivity contribution is 0.543. The van der Waals surface area contributed by atoms with Crippen molar-refractivity contribution in [3.8, 4) is 6.07 Å². The van der Waals surface area contributed by atoms with Gasteiger partial charge in [0.15, 0.2) is 0 Å². The average Bonchev–Trinajstić information content (AvgIpc) is 2.18. The molecular formula is C12H16N2. The summed E-state index contributed by atoms with van der Waals surface area (Å²) in [6.45, 7) is 6.00. The van der Waals surface area contributed by atoms with Crippen molar-refractivity contribution in [2.24, 2.45) is 0 Å². The topological polar surface area (TPSA) is 35.8 Å². The first kappa shape index (κ1) is 10.7. The summed E-state index contributed by atoms with van der Waals surface area (Å²) in [5.74, 6) is 0. The summed E-state index contributed by atoms with van der Waals surface area (Å²) < 4.78 is 0. The van der Waals surface area contributed by atoms with E-state index in [-0.39, 0.29) is 12.1 Å². The maximum absolute atomic E-state index is 8.66. The molecule has 0 saturated carbocycles. The lowest BCUT2D eigenvalue weighted by Gasteiger charge is -2.15. The molecule has 1 N–H and O–H groups in total. The van der Waals surface area contributed by atoms with Crippen molar-refractivity contribution in [2.75, 3.05) is 0 Å². The van der Waals surface area contributed by atoms with Crippen molar-refractivity contribution in [1.29, 1.82) is 5.26 Å². The number of nitriles is 1. The van der Waals surface area contributed by atoms with E-state index in [9.17, 15) is 0 Å². The number of benzene rings is 1. The zero-order valence-corrected chi connectivity index (χ0v) is 8.91. The second kappa shape index (κ2) is 4.78. The van der Waals surface area contributed by atoms with Crippen LogP contribution in [-0.4, -0.2) is 6.04 Å². The van der Waals surface area contributed by atoms with Gasteiger partial charge in [-0.05, 0) is 26.3 Å². The van der Waals surface area contributed by atoms with Crippen LogP contribution in [-0.2, 0) is 0 Å². The highest BCUT2D eigenvalue weighted by atomic mass is 14.9. The summed E-state index contributed by atoms with van der Waals surface area (Å²) >= 11 is 0. The van der Waals surface area contributed by atoms with E-state index in [4.69, 9.17) is 5.26 Å². The van der Waals surface area contributed by atoms with Gasteiger partial charge in [0.2, 0.25) is 0 Å². The normalized spacial score (nSPS) is 14.4. The maximum atomic E-state index is 8.66. The predicted octanol–water partition coefficient (Wildman–Crippen LogP) is 2.56. The Morgan fingerprint density at radius 2 is 1.79 bits per heavy atom. The van der Waals surface area contributed by atoms with Crippen LogP contribution in [0.1, 0.15) is 31.0 Å². The Morgan fingerprint density at radius 3 is 2.29 bits per heavy atom. The molecule has 2 heteroatoms. The molecular weight excluding hydrogens is 172 g/mol. The fourth-order valence-corrected chi connectivity index (χ4v) is 1.36. The van der Waals surface area contributed by atoms with Crippen LogP contribution >= 0.6 is 0 Å². The lowest BCUT2D eigenvalue weighted by atomic mass is 10.1. The molecule has 0 amide bonds. The molecule has 0 spiro atoms. The Balaban J connectivity index is 2.66. The van der Waals surface area contributed by atoms with Crippen LogP contribution in [0.2, 0.25) is 0 Å². The molecule has 0 aromatic heterocycles. The monoisotopic (exact) mass is 188 g/mol. The Hall–Kier alpha value is -1.33. The largest absolute Gasteiger partial charge is 0.296 e. The minimum Gasteiger partial charge on any atom is -0.296 e. The lowest BCUT2D eigenvalue weighted by Crippen LogP contribution is -2.27. The number of rotatable bonds is 3. The smallest absolute Gasteiger partial charge is 0.0929 e. The molecule has 1 unspecified atom stereocenters. The minimum absolute atomic E-state index is 0.105. The molecule has 2 atom stereocenters. The molecule has 0 aliphatic heterocycles. The molecule has 1 rings (SSSR count). The highest BCUT2D eigenvalue weighted by Gasteiger charge is 2.07. The van der Waals surface area contributed by atoms with E-state index < -0.39 is 0 Å². The second-order valence-electron chi connectivity index (χ2n) is 3.65. The Morgan fingerprint density at radius 1 is 1.21 bits per heavy atom. The van der Waals surface area contributed by atoms with Gasteiger partial charge in [-0.15, -0.1) is 0 Å². The van der Waals surface area contributed by atoms with Crippen LogP contribution in [0.3, 0.4) is 0 Å². The molecule has 1 aromatic carbocycles. The first-order chi connectivity index (χ1) is 6.63. The molecule has 0 aliphatic rings. The van der Waals surface area contributed by atoms with Gasteiger partial charge in [0.1, 0.15) is 0 Å². The van der Waals surface area contributed by atoms with Crippen LogP contribution in [0.4, 0.5) is 0 Å². The van der Waals surface area contributed by atoms with E-state index in [2.05, 4.69) is 49.5 Å². The summed E-state index contributed by atoms with van der Waals surface area (Å²) in [7, 11) is 0. The number of nitrogens with zero attached hydrogens (tertiary/aromatic N) is 1. The van der Waals surface area contributed by atoms with Crippen LogP contribution in [0.5, 0.6) is 0 Å². The van der Waals surface area contributed by atoms with Gasteiger partial charge in [-0.1, -0.05) is 29.8 Å². The maximum Gasteiger partial charge on any atom is 0.0929 e. The number of hydrogen-bond donors (Lipinski definition) is 1. The summed E-state index contributed by atoms with van der Waals surface area (Å²) in [5, 5.41) is 11.9. The standard InChI is InChI=1S/C12H16N2/c1-9-4-6-12(7-5-9)11(3)14-10(2)8-13/h4-7,10-11,14H,1-3H3/t10?,11-/m1/s1. The van der Waals surface area contributed by atoms with Crippen molar-refractivity contribution in [1.82, 2.24) is 5.32 Å². The summed E-state index contributed by atoms with van der Waals surface area (Å²) in [4.78, 5) is 0. The number of nitrogens with one attached hydrogen (secondary N) is 1. The third-order valence-electron chi connectivity index (χ3n) is 2.27. The third-order valence-corrected chi connectivity index (χ3v) is 2.27. The van der Waals surface area contributed by atoms with E-state index in [0.29, 0.717) is 0 Å². The van der Waals surface area contributed by atoms with Crippen molar-refractivity contribution in [2.45, 2.75) is 32.9 Å². The molecule has 14 heavy (non-hydrogen) atoms. The molecule has 0 aliphatic carbocycles. The zero-order valence-electron chi connectivity index (χ0n) is 8.91. The second-order valence-corrected chi connectivity index (χ2v) is 3.65. The van der Waals surface area contributed by atoms with Crippen molar-refractivity contribution in [3.63, 3.8) is 0 Å². The average molecular weight is 188 g/mol. The fourth-order valence-electron chi connectivity index (χ4n) is 1.36. The van der Waals surface area contributed by atoms with E-state index in [1.165, 1.54) is 11.1 Å². The molecule has 1 aromatic rings. The van der Waals surface area contributed by atoms with Crippen molar-refractivity contribution in [3.05, 3.63) is 35.4 Å². The van der Waals surface area contributed by atoms with Crippen molar-refractivity contribution >= 4 is 0 Å². The first-order valence-electron chi connectivity index (χ1n) is 4.85. The van der Waals surface area contributed by atoms with Gasteiger partial charge in [-0.25, -0.2) is 0 Å². The summed E-state index contributed by atoms with van der Waals surface area (Å²) in [5.41, 5.74) is 2.48. The third kappa shape index (κ3) is 2.86. The quantitative estimate of drug-likeness (QED) is 0.791. The molecule has 0 saturated heterocycles. The highest BCUT2D eigenvalue weighted by molar-refractivity contribution is 5.23. The van der Waals surface area contributed by atoms with E-state index in [0.717, 1.165) is 0 Å². The SMILES string of the molecule is Cc1ccc([C@@H](C)NC(C)C#N)cc1. The van der Waals surface area contributed by atoms with E-state index in [1.54, 1.807) is 0 Å². The van der Waals surface area contributed by atoms with Gasteiger partial charge in [0, 0.05) is 6.04 Å². The van der Waals surface area contributed by atoms with Gasteiger partial charge < -0.3 is 0 Å². The Labute approximate surface area is 85.6 Å². The summed E-state index contributed by atoms with van der Waals surface area (Å²) in [6, 6.07) is 10.7. The first-order valence-corrected chi connectivity index (χ1v) is 4.85. The van der Waals surface area contributed by atoms with Gasteiger partial charge in [-0.3, -0.25) is 5.32 Å². The van der Waals surface area contributed by atoms with E-state index >= 15 is 0 Å². The number of aryl methyl sites for hydroxylation is 1. The molecule has 74 valence electrons. The van der Waals surface area contributed by atoms with Crippen LogP contribution in [0, 0.1) is 18.3 Å². The van der Waals surface area contributed by atoms with Gasteiger partial charge in [-0.2, -0.15) is 5.26 Å². The minimum atomic E-state index is -0.105. The number of hydrogen-bond acceptors (Lipinski definition) is 2. The summed E-state index contributed by atoms with van der Waals surface area (Å²) in [6.07, 6.45) is 0. The predicted molar refractivity (Wildman–Crippen MR) is 57.8 cm³/mol. The molecule has 2 nitrogen and oxygen atoms in total. The van der Waals surface area contributed by atoms with Crippen LogP contribution in [0.25, 0.3) is 0 Å². The van der Waals surface area contributed by atoms with Crippen LogP contribution < -0.4 is 5.32 Å². The van der Waals surface area contributed by atoms with Crippen LogP contribution in [0.15, 0.2) is 24.3 Å². The van der Waals surface area contributed by atoms with E-state index in [1.807, 2.05) is 6.92 Å². The van der Waals surface area contributed by atoms with Gasteiger partial charge >= 0.3 is 0 Å². The highest BCUT2D eigenvalue weighted by Crippen LogP contribution is 2.13. The molecule has 0 radical (unpaired) electrons. The zero-order chi connectivity index (χ0) is 10.6. The van der Waals surface area contributed by atoms with Crippen molar-refractivity contribution < 1.29 is 0 Å². The van der Waals surface area contributed by atoms with Gasteiger partial charge in [0.25, 0.3) is 0 Å². The Kier molecular flexibility index (Phi) is 3.67. The molecule has 0 heterocycles. The molecule has 0 fully saturated rings. The molecule has 0 bridgehead atoms. The Bertz CT molecular complexity index is 321. The van der Waals surface area contributed by atoms with Gasteiger partial charge in [0.05, 0.1) is 12.1 Å². The fraction of sp³-hybridized carbons (Fsp3) is 0.417.